The predicted octanol–water partition coefficient (Wildman–Crippen LogP) is 2.30. The second kappa shape index (κ2) is 4.57. The largest absolute Gasteiger partial charge is 0.352 e. The first kappa shape index (κ1) is 11.6. The third-order valence-electron chi connectivity index (χ3n) is 2.52. The van der Waals surface area contributed by atoms with Crippen molar-refractivity contribution < 1.29 is 9.18 Å². The Kier molecular flexibility index (Phi) is 3.13. The van der Waals surface area contributed by atoms with Crippen LogP contribution in [0.5, 0.6) is 0 Å². The highest BCUT2D eigenvalue weighted by molar-refractivity contribution is 5.83. The maximum atomic E-state index is 13.4. The Bertz CT molecular complexity index is 545. The fourth-order valence-electron chi connectivity index (χ4n) is 1.85. The topological polar surface area (TPSA) is 34.0 Å². The van der Waals surface area contributed by atoms with Crippen LogP contribution in [0.25, 0.3) is 10.9 Å². The summed E-state index contributed by atoms with van der Waals surface area (Å²) in [6.07, 6.45) is 1.73. The molecule has 0 aliphatic rings. The van der Waals surface area contributed by atoms with E-state index in [0.29, 0.717) is 5.39 Å². The number of fused-ring (bicyclic) bond motifs is 1. The van der Waals surface area contributed by atoms with Gasteiger partial charge in [0.25, 0.3) is 0 Å². The van der Waals surface area contributed by atoms with E-state index in [-0.39, 0.29) is 24.3 Å². The molecular weight excluding hydrogens is 219 g/mol. The molecule has 0 aliphatic carbocycles. The van der Waals surface area contributed by atoms with Crippen molar-refractivity contribution in [1.82, 2.24) is 9.88 Å². The van der Waals surface area contributed by atoms with E-state index in [2.05, 4.69) is 5.32 Å². The zero-order valence-electron chi connectivity index (χ0n) is 9.90. The molecule has 0 saturated heterocycles. The van der Waals surface area contributed by atoms with Crippen molar-refractivity contribution in [3.05, 3.63) is 36.3 Å². The molecule has 2 aromatic rings. The molecule has 1 aromatic heterocycles. The molecule has 1 heterocycles. The Labute approximate surface area is 99.2 Å². The van der Waals surface area contributed by atoms with E-state index in [1.54, 1.807) is 29.0 Å². The van der Waals surface area contributed by atoms with Crippen molar-refractivity contribution in [3.8, 4) is 0 Å². The number of aromatic nitrogens is 1. The lowest BCUT2D eigenvalue weighted by atomic mass is 10.2. The molecule has 90 valence electrons. The summed E-state index contributed by atoms with van der Waals surface area (Å²) in [5, 5.41) is 3.35. The SMILES string of the molecule is CC(C)NC(=O)Cn1ccc2c(F)cccc21. The quantitative estimate of drug-likeness (QED) is 0.868. The van der Waals surface area contributed by atoms with Crippen molar-refractivity contribution in [2.45, 2.75) is 26.4 Å². The van der Waals surface area contributed by atoms with Crippen LogP contribution < -0.4 is 5.32 Å². The van der Waals surface area contributed by atoms with Gasteiger partial charge in [-0.3, -0.25) is 4.79 Å². The number of hydrogen-bond donors (Lipinski definition) is 1. The highest BCUT2D eigenvalue weighted by Gasteiger charge is 2.08. The number of amides is 1. The molecule has 0 atom stereocenters. The number of carbonyl (C=O) groups is 1. The molecule has 3 nitrogen and oxygen atoms in total. The summed E-state index contributed by atoms with van der Waals surface area (Å²) in [6.45, 7) is 4.03. The Morgan fingerprint density at radius 2 is 2.18 bits per heavy atom. The zero-order chi connectivity index (χ0) is 12.4. The summed E-state index contributed by atoms with van der Waals surface area (Å²) in [5.74, 6) is -0.327. The van der Waals surface area contributed by atoms with Gasteiger partial charge in [0.1, 0.15) is 12.4 Å². The molecule has 1 amide bonds. The first-order valence-electron chi connectivity index (χ1n) is 5.60. The highest BCUT2D eigenvalue weighted by atomic mass is 19.1. The standard InChI is InChI=1S/C13H15FN2O/c1-9(2)15-13(17)8-16-7-6-10-11(14)4-3-5-12(10)16/h3-7,9H,8H2,1-2H3,(H,15,17). The summed E-state index contributed by atoms with van der Waals surface area (Å²) >= 11 is 0. The van der Waals surface area contributed by atoms with Crippen LogP contribution in [0.2, 0.25) is 0 Å². The summed E-state index contributed by atoms with van der Waals surface area (Å²) in [4.78, 5) is 11.6. The molecule has 0 saturated carbocycles. The fraction of sp³-hybridized carbons (Fsp3) is 0.308. The minimum absolute atomic E-state index is 0.0678. The molecule has 0 fully saturated rings. The normalized spacial score (nSPS) is 11.1. The lowest BCUT2D eigenvalue weighted by Crippen LogP contribution is -2.32. The van der Waals surface area contributed by atoms with E-state index >= 15 is 0 Å². The van der Waals surface area contributed by atoms with Gasteiger partial charge in [0.2, 0.25) is 5.91 Å². The maximum absolute atomic E-state index is 13.4. The molecule has 4 heteroatoms. The predicted molar refractivity (Wildman–Crippen MR) is 65.2 cm³/mol. The summed E-state index contributed by atoms with van der Waals surface area (Å²) in [7, 11) is 0. The van der Waals surface area contributed by atoms with Gasteiger partial charge >= 0.3 is 0 Å². The maximum Gasteiger partial charge on any atom is 0.240 e. The molecule has 1 N–H and O–H groups in total. The number of nitrogens with one attached hydrogen (secondary N) is 1. The lowest BCUT2D eigenvalue weighted by molar-refractivity contribution is -0.122. The Hall–Kier alpha value is -1.84. The van der Waals surface area contributed by atoms with Crippen molar-refractivity contribution in [2.24, 2.45) is 0 Å². The van der Waals surface area contributed by atoms with Gasteiger partial charge in [-0.15, -0.1) is 0 Å². The monoisotopic (exact) mass is 234 g/mol. The number of rotatable bonds is 3. The molecule has 17 heavy (non-hydrogen) atoms. The first-order valence-corrected chi connectivity index (χ1v) is 5.60. The number of halogens is 1. The molecule has 0 radical (unpaired) electrons. The van der Waals surface area contributed by atoms with Gasteiger partial charge in [0.05, 0.1) is 5.52 Å². The average molecular weight is 234 g/mol. The number of benzene rings is 1. The van der Waals surface area contributed by atoms with Crippen LogP contribution in [0.15, 0.2) is 30.5 Å². The molecular formula is C13H15FN2O. The van der Waals surface area contributed by atoms with Crippen molar-refractivity contribution in [3.63, 3.8) is 0 Å². The van der Waals surface area contributed by atoms with Crippen molar-refractivity contribution in [2.75, 3.05) is 0 Å². The Balaban J connectivity index is 2.25. The van der Waals surface area contributed by atoms with E-state index < -0.39 is 0 Å². The van der Waals surface area contributed by atoms with E-state index in [1.165, 1.54) is 6.07 Å². The summed E-state index contributed by atoms with van der Waals surface area (Å²) < 4.78 is 15.2. The second-order valence-electron chi connectivity index (χ2n) is 4.34. The number of hydrogen-bond acceptors (Lipinski definition) is 1. The zero-order valence-corrected chi connectivity index (χ0v) is 9.90. The van der Waals surface area contributed by atoms with Crippen LogP contribution in [0.4, 0.5) is 4.39 Å². The van der Waals surface area contributed by atoms with Gasteiger partial charge in [0.15, 0.2) is 0 Å². The van der Waals surface area contributed by atoms with E-state index in [4.69, 9.17) is 0 Å². The third-order valence-corrected chi connectivity index (χ3v) is 2.52. The van der Waals surface area contributed by atoms with Crippen LogP contribution in [0, 0.1) is 5.82 Å². The van der Waals surface area contributed by atoms with Crippen molar-refractivity contribution in [1.29, 1.82) is 0 Å². The van der Waals surface area contributed by atoms with Gasteiger partial charge < -0.3 is 9.88 Å². The fourth-order valence-corrected chi connectivity index (χ4v) is 1.85. The molecule has 2 rings (SSSR count). The number of carbonyl (C=O) groups excluding carboxylic acids is 1. The molecule has 0 bridgehead atoms. The van der Waals surface area contributed by atoms with E-state index in [0.717, 1.165) is 5.52 Å². The molecule has 0 unspecified atom stereocenters. The van der Waals surface area contributed by atoms with Crippen LogP contribution in [-0.4, -0.2) is 16.5 Å². The summed E-state index contributed by atoms with van der Waals surface area (Å²) in [6, 6.07) is 6.67. The minimum Gasteiger partial charge on any atom is -0.352 e. The van der Waals surface area contributed by atoms with Crippen molar-refractivity contribution >= 4 is 16.8 Å². The van der Waals surface area contributed by atoms with Crippen LogP contribution >= 0.6 is 0 Å². The second-order valence-corrected chi connectivity index (χ2v) is 4.34. The minimum atomic E-state index is -0.259. The van der Waals surface area contributed by atoms with Gasteiger partial charge in [0, 0.05) is 17.6 Å². The molecule has 0 spiro atoms. The average Bonchev–Trinajstić information content (AvgIpc) is 2.62. The van der Waals surface area contributed by atoms with Gasteiger partial charge in [-0.25, -0.2) is 4.39 Å². The Morgan fingerprint density at radius 3 is 2.88 bits per heavy atom. The third kappa shape index (κ3) is 2.46. The van der Waals surface area contributed by atoms with Crippen LogP contribution in [0.3, 0.4) is 0 Å². The van der Waals surface area contributed by atoms with E-state index in [1.807, 2.05) is 13.8 Å². The highest BCUT2D eigenvalue weighted by Crippen LogP contribution is 2.18. The van der Waals surface area contributed by atoms with E-state index in [9.17, 15) is 9.18 Å². The Morgan fingerprint density at radius 1 is 1.41 bits per heavy atom. The van der Waals surface area contributed by atoms with Gasteiger partial charge in [-0.05, 0) is 32.0 Å². The lowest BCUT2D eigenvalue weighted by Gasteiger charge is -2.09. The smallest absolute Gasteiger partial charge is 0.240 e. The number of nitrogens with zero attached hydrogens (tertiary/aromatic N) is 1. The van der Waals surface area contributed by atoms with Crippen LogP contribution in [0.1, 0.15) is 13.8 Å². The van der Waals surface area contributed by atoms with Gasteiger partial charge in [-0.2, -0.15) is 0 Å². The molecule has 1 aromatic carbocycles. The van der Waals surface area contributed by atoms with Crippen LogP contribution in [-0.2, 0) is 11.3 Å². The molecule has 0 aliphatic heterocycles. The summed E-state index contributed by atoms with van der Waals surface area (Å²) in [5.41, 5.74) is 0.740. The first-order chi connectivity index (χ1) is 8.08. The van der Waals surface area contributed by atoms with Gasteiger partial charge in [-0.1, -0.05) is 6.07 Å².